The van der Waals surface area contributed by atoms with Gasteiger partial charge in [0.05, 0.1) is 13.1 Å². The number of hydrogen-bond donors (Lipinski definition) is 2. The third-order valence-electron chi connectivity index (χ3n) is 3.75. The highest BCUT2D eigenvalue weighted by Crippen LogP contribution is 2.07. The molecular formula is C17H26N4O. The number of benzene rings is 1. The number of likely N-dealkylation sites (tertiary alicyclic amines) is 1. The van der Waals surface area contributed by atoms with Gasteiger partial charge in [-0.2, -0.15) is 0 Å². The lowest BCUT2D eigenvalue weighted by atomic mass is 10.1. The molecule has 1 aromatic rings. The van der Waals surface area contributed by atoms with Gasteiger partial charge in [-0.1, -0.05) is 29.8 Å². The fraction of sp³-hybridized carbons (Fsp3) is 0.529. The highest BCUT2D eigenvalue weighted by atomic mass is 16.2. The monoisotopic (exact) mass is 302 g/mol. The zero-order chi connectivity index (χ0) is 15.8. The first-order valence-electron chi connectivity index (χ1n) is 8.04. The number of carbonyl (C=O) groups is 1. The van der Waals surface area contributed by atoms with Crippen LogP contribution in [0.4, 0.5) is 0 Å². The Morgan fingerprint density at radius 3 is 2.50 bits per heavy atom. The van der Waals surface area contributed by atoms with Crippen molar-refractivity contribution in [1.29, 1.82) is 0 Å². The lowest BCUT2D eigenvalue weighted by Gasteiger charge is -2.17. The third kappa shape index (κ3) is 5.06. The molecule has 0 aromatic heterocycles. The molecule has 1 heterocycles. The highest BCUT2D eigenvalue weighted by molar-refractivity contribution is 5.86. The van der Waals surface area contributed by atoms with Gasteiger partial charge >= 0.3 is 0 Å². The molecule has 0 atom stereocenters. The number of aliphatic imine (C=N–C) groups is 1. The van der Waals surface area contributed by atoms with Crippen LogP contribution in [0, 0.1) is 6.92 Å². The largest absolute Gasteiger partial charge is 0.357 e. The van der Waals surface area contributed by atoms with Crippen LogP contribution in [0.1, 0.15) is 30.9 Å². The van der Waals surface area contributed by atoms with E-state index in [1.807, 2.05) is 11.8 Å². The first kappa shape index (κ1) is 16.3. The van der Waals surface area contributed by atoms with Gasteiger partial charge in [0.25, 0.3) is 0 Å². The predicted molar refractivity (Wildman–Crippen MR) is 89.8 cm³/mol. The number of carbonyl (C=O) groups excluding carboxylic acids is 1. The van der Waals surface area contributed by atoms with Crippen LogP contribution in [-0.2, 0) is 11.3 Å². The average Bonchev–Trinajstić information content (AvgIpc) is 3.06. The first-order valence-corrected chi connectivity index (χ1v) is 8.04. The number of nitrogens with one attached hydrogen (secondary N) is 2. The second-order valence-corrected chi connectivity index (χ2v) is 5.62. The first-order chi connectivity index (χ1) is 10.7. The van der Waals surface area contributed by atoms with Crippen molar-refractivity contribution in [1.82, 2.24) is 15.5 Å². The number of guanidine groups is 1. The van der Waals surface area contributed by atoms with Gasteiger partial charge in [0.15, 0.2) is 5.96 Å². The lowest BCUT2D eigenvalue weighted by Crippen LogP contribution is -2.44. The number of aryl methyl sites for hydroxylation is 1. The summed E-state index contributed by atoms with van der Waals surface area (Å²) in [6, 6.07) is 8.33. The summed E-state index contributed by atoms with van der Waals surface area (Å²) >= 11 is 0. The molecule has 5 nitrogen and oxygen atoms in total. The molecule has 0 saturated carbocycles. The SMILES string of the molecule is CCNC(=NCc1ccc(C)cc1)NCC(=O)N1CCCC1. The molecule has 0 radical (unpaired) electrons. The van der Waals surface area contributed by atoms with Gasteiger partial charge in [0.2, 0.25) is 5.91 Å². The molecule has 1 amide bonds. The number of hydrogen-bond acceptors (Lipinski definition) is 2. The molecule has 2 N–H and O–H groups in total. The van der Waals surface area contributed by atoms with Crippen molar-refractivity contribution >= 4 is 11.9 Å². The maximum absolute atomic E-state index is 12.0. The highest BCUT2D eigenvalue weighted by Gasteiger charge is 2.17. The molecule has 22 heavy (non-hydrogen) atoms. The Bertz CT molecular complexity index is 504. The Morgan fingerprint density at radius 1 is 1.18 bits per heavy atom. The Kier molecular flexibility index (Phi) is 6.25. The Balaban J connectivity index is 1.86. The van der Waals surface area contributed by atoms with Gasteiger partial charge in [-0.25, -0.2) is 4.99 Å². The fourth-order valence-corrected chi connectivity index (χ4v) is 2.44. The molecule has 1 aliphatic rings. The molecule has 0 spiro atoms. The number of rotatable bonds is 5. The van der Waals surface area contributed by atoms with Crippen molar-refractivity contribution in [2.45, 2.75) is 33.2 Å². The maximum atomic E-state index is 12.0. The van der Waals surface area contributed by atoms with Crippen molar-refractivity contribution in [3.63, 3.8) is 0 Å². The maximum Gasteiger partial charge on any atom is 0.241 e. The van der Waals surface area contributed by atoms with E-state index in [1.165, 1.54) is 5.56 Å². The van der Waals surface area contributed by atoms with Crippen LogP contribution in [0.15, 0.2) is 29.3 Å². The van der Waals surface area contributed by atoms with Gasteiger partial charge in [0, 0.05) is 19.6 Å². The molecule has 0 aliphatic carbocycles. The zero-order valence-corrected chi connectivity index (χ0v) is 13.6. The Labute approximate surface area is 132 Å². The minimum absolute atomic E-state index is 0.151. The van der Waals surface area contributed by atoms with Crippen LogP contribution in [-0.4, -0.2) is 42.9 Å². The van der Waals surface area contributed by atoms with Gasteiger partial charge in [-0.15, -0.1) is 0 Å². The van der Waals surface area contributed by atoms with E-state index in [9.17, 15) is 4.79 Å². The fourth-order valence-electron chi connectivity index (χ4n) is 2.44. The number of amides is 1. The summed E-state index contributed by atoms with van der Waals surface area (Å²) in [6.07, 6.45) is 2.24. The van der Waals surface area contributed by atoms with E-state index >= 15 is 0 Å². The molecule has 1 aromatic carbocycles. The average molecular weight is 302 g/mol. The summed E-state index contributed by atoms with van der Waals surface area (Å²) in [6.45, 7) is 7.55. The van der Waals surface area contributed by atoms with E-state index < -0.39 is 0 Å². The van der Waals surface area contributed by atoms with E-state index in [4.69, 9.17) is 0 Å². The van der Waals surface area contributed by atoms with Gasteiger partial charge in [-0.3, -0.25) is 4.79 Å². The summed E-state index contributed by atoms with van der Waals surface area (Å²) < 4.78 is 0. The minimum Gasteiger partial charge on any atom is -0.357 e. The Hall–Kier alpha value is -2.04. The van der Waals surface area contributed by atoms with Crippen LogP contribution >= 0.6 is 0 Å². The van der Waals surface area contributed by atoms with Crippen molar-refractivity contribution in [2.75, 3.05) is 26.2 Å². The summed E-state index contributed by atoms with van der Waals surface area (Å²) in [4.78, 5) is 18.5. The predicted octanol–water partition coefficient (Wildman–Crippen LogP) is 1.67. The third-order valence-corrected chi connectivity index (χ3v) is 3.75. The summed E-state index contributed by atoms with van der Waals surface area (Å²) in [5, 5.41) is 6.30. The molecule has 2 rings (SSSR count). The van der Waals surface area contributed by atoms with Crippen molar-refractivity contribution in [2.24, 2.45) is 4.99 Å². The van der Waals surface area contributed by atoms with Crippen molar-refractivity contribution < 1.29 is 4.79 Å². The van der Waals surface area contributed by atoms with Gasteiger partial charge in [0.1, 0.15) is 0 Å². The van der Waals surface area contributed by atoms with Crippen molar-refractivity contribution in [3.05, 3.63) is 35.4 Å². The quantitative estimate of drug-likeness (QED) is 0.642. The van der Waals surface area contributed by atoms with Crippen LogP contribution in [0.5, 0.6) is 0 Å². The van der Waals surface area contributed by atoms with Gasteiger partial charge < -0.3 is 15.5 Å². The normalized spacial score (nSPS) is 15.0. The summed E-state index contributed by atoms with van der Waals surface area (Å²) in [5.74, 6) is 0.842. The smallest absolute Gasteiger partial charge is 0.241 e. The van der Waals surface area contributed by atoms with Crippen LogP contribution in [0.25, 0.3) is 0 Å². The molecule has 1 aliphatic heterocycles. The molecule has 1 saturated heterocycles. The van der Waals surface area contributed by atoms with Gasteiger partial charge in [-0.05, 0) is 32.3 Å². The topological polar surface area (TPSA) is 56.7 Å². The van der Waals surface area contributed by atoms with E-state index in [2.05, 4.69) is 46.8 Å². The van der Waals surface area contributed by atoms with Crippen LogP contribution in [0.2, 0.25) is 0 Å². The van der Waals surface area contributed by atoms with Crippen LogP contribution in [0.3, 0.4) is 0 Å². The van der Waals surface area contributed by atoms with Crippen LogP contribution < -0.4 is 10.6 Å². The standard InChI is InChI=1S/C17H26N4O/c1-3-18-17(19-12-15-8-6-14(2)7-9-15)20-13-16(22)21-10-4-5-11-21/h6-9H,3-5,10-13H2,1-2H3,(H2,18,19,20). The molecule has 1 fully saturated rings. The van der Waals surface area contributed by atoms with E-state index in [1.54, 1.807) is 0 Å². The lowest BCUT2D eigenvalue weighted by molar-refractivity contribution is -0.128. The Morgan fingerprint density at radius 2 is 1.86 bits per heavy atom. The molecule has 120 valence electrons. The zero-order valence-electron chi connectivity index (χ0n) is 13.6. The van der Waals surface area contributed by atoms with Crippen molar-refractivity contribution in [3.8, 4) is 0 Å². The molecular weight excluding hydrogens is 276 g/mol. The number of nitrogens with zero attached hydrogens (tertiary/aromatic N) is 2. The summed E-state index contributed by atoms with van der Waals surface area (Å²) in [5.41, 5.74) is 2.41. The molecule has 0 bridgehead atoms. The van der Waals surface area contributed by atoms with E-state index in [0.717, 1.165) is 38.0 Å². The second kappa shape index (κ2) is 8.41. The molecule has 0 unspecified atom stereocenters. The molecule has 5 heteroatoms. The summed E-state index contributed by atoms with van der Waals surface area (Å²) in [7, 11) is 0. The van der Waals surface area contributed by atoms with E-state index in [0.29, 0.717) is 19.0 Å². The second-order valence-electron chi connectivity index (χ2n) is 5.62. The van der Waals surface area contributed by atoms with E-state index in [-0.39, 0.29) is 5.91 Å². The minimum atomic E-state index is 0.151.